The summed E-state index contributed by atoms with van der Waals surface area (Å²) in [7, 11) is 0. The highest BCUT2D eigenvalue weighted by Gasteiger charge is 2.18. The summed E-state index contributed by atoms with van der Waals surface area (Å²) in [5, 5.41) is 3.18. The number of amides is 1. The third-order valence-corrected chi connectivity index (χ3v) is 7.28. The van der Waals surface area contributed by atoms with Crippen molar-refractivity contribution in [3.05, 3.63) is 48.0 Å². The van der Waals surface area contributed by atoms with E-state index >= 15 is 0 Å². The Bertz CT molecular complexity index is 649. The summed E-state index contributed by atoms with van der Waals surface area (Å²) in [4.78, 5) is 12.4. The summed E-state index contributed by atoms with van der Waals surface area (Å²) in [6.07, 6.45) is 29.5. The second-order valence-corrected chi connectivity index (χ2v) is 10.7. The number of halogens is 1. The largest absolute Gasteiger partial charge is 0.352 e. The lowest BCUT2D eigenvalue weighted by atomic mass is 9.98. The van der Waals surface area contributed by atoms with E-state index < -0.39 is 0 Å². The molecule has 3 N–H and O–H groups in total. The summed E-state index contributed by atoms with van der Waals surface area (Å²) in [6.45, 7) is 4.38. The molecule has 214 valence electrons. The molecule has 1 amide bonds. The second-order valence-electron chi connectivity index (χ2n) is 10.7. The van der Waals surface area contributed by atoms with Crippen LogP contribution in [0.1, 0.15) is 141 Å². The Kier molecular flexibility index (Phi) is 25.7. The maximum absolute atomic E-state index is 12.4. The molecule has 0 spiro atoms. The summed E-state index contributed by atoms with van der Waals surface area (Å²) < 4.78 is 0. The van der Waals surface area contributed by atoms with Crippen molar-refractivity contribution in [2.45, 2.75) is 154 Å². The summed E-state index contributed by atoms with van der Waals surface area (Å²) in [5.41, 5.74) is 7.62. The van der Waals surface area contributed by atoms with E-state index in [4.69, 9.17) is 5.73 Å². The van der Waals surface area contributed by atoms with E-state index in [2.05, 4.69) is 43.4 Å². The van der Waals surface area contributed by atoms with Gasteiger partial charge in [-0.05, 0) is 50.5 Å². The normalized spacial score (nSPS) is 12.8. The molecule has 37 heavy (non-hydrogen) atoms. The van der Waals surface area contributed by atoms with Crippen molar-refractivity contribution in [3.63, 3.8) is 0 Å². The van der Waals surface area contributed by atoms with Gasteiger partial charge in [0.1, 0.15) is 0 Å². The lowest BCUT2D eigenvalue weighted by molar-refractivity contribution is -0.122. The Morgan fingerprint density at radius 2 is 1.24 bits per heavy atom. The SMILES string of the molecule is Br.CCCCCCCC/C=C\CCCCCCCCCCCC(=O)NC(CC)C(N)Cc1ccccc1. The van der Waals surface area contributed by atoms with Crippen LogP contribution in [-0.4, -0.2) is 18.0 Å². The van der Waals surface area contributed by atoms with Crippen LogP contribution < -0.4 is 11.1 Å². The lowest BCUT2D eigenvalue weighted by Gasteiger charge is -2.24. The van der Waals surface area contributed by atoms with Crippen LogP contribution in [0.5, 0.6) is 0 Å². The van der Waals surface area contributed by atoms with Crippen molar-refractivity contribution < 1.29 is 4.79 Å². The van der Waals surface area contributed by atoms with E-state index in [1.54, 1.807) is 0 Å². The third kappa shape index (κ3) is 21.5. The van der Waals surface area contributed by atoms with Crippen molar-refractivity contribution in [1.29, 1.82) is 0 Å². The Morgan fingerprint density at radius 3 is 1.76 bits per heavy atom. The first-order chi connectivity index (χ1) is 17.7. The first-order valence-corrected chi connectivity index (χ1v) is 15.4. The fraction of sp³-hybridized carbons (Fsp3) is 0.727. The van der Waals surface area contributed by atoms with Crippen LogP contribution >= 0.6 is 17.0 Å². The predicted molar refractivity (Wildman–Crippen MR) is 169 cm³/mol. The average Bonchev–Trinajstić information content (AvgIpc) is 2.89. The standard InChI is InChI=1S/C33H58N2O.BrH/c1-3-5-6-7-8-9-10-11-12-13-14-15-16-17-18-19-20-21-25-28-33(36)35-32(4-2)31(34)29-30-26-23-22-24-27-30;/h11-12,22-24,26-27,31-32H,3-10,13-21,25,28-29,34H2,1-2H3,(H,35,36);1H/b12-11-;. The van der Waals surface area contributed by atoms with Crippen LogP contribution in [-0.2, 0) is 11.2 Å². The van der Waals surface area contributed by atoms with E-state index in [-0.39, 0.29) is 35.0 Å². The molecule has 0 bridgehead atoms. The van der Waals surface area contributed by atoms with Gasteiger partial charge in [-0.25, -0.2) is 0 Å². The maximum atomic E-state index is 12.4. The lowest BCUT2D eigenvalue weighted by Crippen LogP contribution is -2.48. The van der Waals surface area contributed by atoms with Gasteiger partial charge in [0, 0.05) is 18.5 Å². The topological polar surface area (TPSA) is 55.1 Å². The molecule has 0 aliphatic rings. The Morgan fingerprint density at radius 1 is 0.757 bits per heavy atom. The third-order valence-electron chi connectivity index (χ3n) is 7.28. The van der Waals surface area contributed by atoms with Crippen LogP contribution in [0.4, 0.5) is 0 Å². The highest BCUT2D eigenvalue weighted by atomic mass is 79.9. The minimum Gasteiger partial charge on any atom is -0.352 e. The number of hydrogen-bond acceptors (Lipinski definition) is 2. The molecule has 0 aliphatic heterocycles. The highest BCUT2D eigenvalue weighted by Crippen LogP contribution is 2.13. The number of nitrogens with two attached hydrogens (primary N) is 1. The minimum absolute atomic E-state index is 0. The van der Waals surface area contributed by atoms with Crippen molar-refractivity contribution in [2.24, 2.45) is 5.73 Å². The molecule has 3 nitrogen and oxygen atoms in total. The zero-order valence-electron chi connectivity index (χ0n) is 24.2. The summed E-state index contributed by atoms with van der Waals surface area (Å²) in [5.74, 6) is 0.159. The molecule has 0 radical (unpaired) electrons. The first-order valence-electron chi connectivity index (χ1n) is 15.4. The fourth-order valence-corrected chi connectivity index (χ4v) is 4.88. The number of carbonyl (C=O) groups excluding carboxylic acids is 1. The number of rotatable bonds is 24. The van der Waals surface area contributed by atoms with Crippen LogP contribution in [0.15, 0.2) is 42.5 Å². The van der Waals surface area contributed by atoms with E-state index in [0.29, 0.717) is 6.42 Å². The number of hydrogen-bond donors (Lipinski definition) is 2. The number of nitrogens with one attached hydrogen (secondary N) is 1. The molecule has 0 heterocycles. The van der Waals surface area contributed by atoms with Crippen LogP contribution in [0.3, 0.4) is 0 Å². The van der Waals surface area contributed by atoms with Gasteiger partial charge in [-0.1, -0.05) is 133 Å². The van der Waals surface area contributed by atoms with Gasteiger partial charge in [0.15, 0.2) is 0 Å². The molecule has 1 rings (SSSR count). The van der Waals surface area contributed by atoms with Crippen molar-refractivity contribution in [3.8, 4) is 0 Å². The highest BCUT2D eigenvalue weighted by molar-refractivity contribution is 8.93. The van der Waals surface area contributed by atoms with Gasteiger partial charge >= 0.3 is 0 Å². The molecule has 0 saturated heterocycles. The van der Waals surface area contributed by atoms with Crippen LogP contribution in [0.25, 0.3) is 0 Å². The maximum Gasteiger partial charge on any atom is 0.220 e. The van der Waals surface area contributed by atoms with E-state index in [9.17, 15) is 4.79 Å². The van der Waals surface area contributed by atoms with Gasteiger partial charge in [0.05, 0.1) is 0 Å². The van der Waals surface area contributed by atoms with E-state index in [0.717, 1.165) is 25.7 Å². The average molecular weight is 580 g/mol. The van der Waals surface area contributed by atoms with Gasteiger partial charge < -0.3 is 11.1 Å². The monoisotopic (exact) mass is 578 g/mol. The quantitative estimate of drug-likeness (QED) is 0.0946. The zero-order chi connectivity index (χ0) is 26.1. The Balaban J connectivity index is 0.0000130. The van der Waals surface area contributed by atoms with Crippen molar-refractivity contribution >= 4 is 22.9 Å². The van der Waals surface area contributed by atoms with Gasteiger partial charge in [0.25, 0.3) is 0 Å². The molecule has 0 aliphatic carbocycles. The Hall–Kier alpha value is -1.13. The minimum atomic E-state index is -0.0394. The zero-order valence-corrected chi connectivity index (χ0v) is 25.9. The molecule has 1 aromatic rings. The number of unbranched alkanes of at least 4 members (excludes halogenated alkanes) is 15. The molecule has 0 fully saturated rings. The number of carbonyl (C=O) groups is 1. The predicted octanol–water partition coefficient (Wildman–Crippen LogP) is 9.63. The molecule has 1 aromatic carbocycles. The fourth-order valence-electron chi connectivity index (χ4n) is 4.88. The molecule has 0 aromatic heterocycles. The van der Waals surface area contributed by atoms with Crippen molar-refractivity contribution in [2.75, 3.05) is 0 Å². The summed E-state index contributed by atoms with van der Waals surface area (Å²) in [6, 6.07) is 10.3. The van der Waals surface area contributed by atoms with Gasteiger partial charge in [-0.3, -0.25) is 4.79 Å². The molecule has 4 heteroatoms. The molecule has 2 unspecified atom stereocenters. The first kappa shape index (κ1) is 35.9. The molecular weight excluding hydrogens is 520 g/mol. The van der Waals surface area contributed by atoms with Crippen LogP contribution in [0, 0.1) is 0 Å². The number of allylic oxidation sites excluding steroid dienone is 2. The molecule has 0 saturated carbocycles. The van der Waals surface area contributed by atoms with Crippen LogP contribution in [0.2, 0.25) is 0 Å². The van der Waals surface area contributed by atoms with E-state index in [1.165, 1.54) is 102 Å². The second kappa shape index (κ2) is 26.5. The van der Waals surface area contributed by atoms with Gasteiger partial charge in [0.2, 0.25) is 5.91 Å². The number of benzene rings is 1. The van der Waals surface area contributed by atoms with E-state index in [1.807, 2.05) is 18.2 Å². The van der Waals surface area contributed by atoms with Gasteiger partial charge in [-0.2, -0.15) is 0 Å². The van der Waals surface area contributed by atoms with Gasteiger partial charge in [-0.15, -0.1) is 17.0 Å². The smallest absolute Gasteiger partial charge is 0.220 e. The Labute approximate surface area is 240 Å². The molecular formula is C33H59BrN2O. The van der Waals surface area contributed by atoms with Crippen molar-refractivity contribution in [1.82, 2.24) is 5.32 Å². The molecule has 2 atom stereocenters. The summed E-state index contributed by atoms with van der Waals surface area (Å²) >= 11 is 0.